The third kappa shape index (κ3) is 3.75. The fraction of sp³-hybridized carbons (Fsp3) is 0.375. The summed E-state index contributed by atoms with van der Waals surface area (Å²) in [5.74, 6) is -0.147. The molecule has 0 unspecified atom stereocenters. The highest BCUT2D eigenvalue weighted by Gasteiger charge is 2.04. The third-order valence-electron chi connectivity index (χ3n) is 3.23. The topological polar surface area (TPSA) is 24.1 Å². The molecule has 0 atom stereocenters. The molecule has 2 N–H and O–H groups in total. The lowest BCUT2D eigenvalue weighted by Gasteiger charge is -2.09. The molecule has 0 saturated carbocycles. The highest BCUT2D eigenvalue weighted by atomic mass is 19.1. The molecule has 0 spiro atoms. The first-order valence-electron chi connectivity index (χ1n) is 6.90. The maximum Gasteiger partial charge on any atom is 0.131 e. The summed E-state index contributed by atoms with van der Waals surface area (Å²) in [5.41, 5.74) is 1.15. The molecule has 102 valence electrons. The van der Waals surface area contributed by atoms with Crippen LogP contribution in [0.4, 0.5) is 4.39 Å². The van der Waals surface area contributed by atoms with Crippen molar-refractivity contribution in [2.75, 3.05) is 19.6 Å². The van der Waals surface area contributed by atoms with Gasteiger partial charge in [-0.2, -0.15) is 0 Å². The molecule has 0 amide bonds. The van der Waals surface area contributed by atoms with Gasteiger partial charge in [0.25, 0.3) is 0 Å². The maximum absolute atomic E-state index is 13.7. The fourth-order valence-corrected chi connectivity index (χ4v) is 2.22. The SMILES string of the molecule is CCNCCCNCc1ccc(F)c2ccccc12. The monoisotopic (exact) mass is 260 g/mol. The largest absolute Gasteiger partial charge is 0.317 e. The molecule has 2 aromatic rings. The van der Waals surface area contributed by atoms with E-state index in [0.29, 0.717) is 5.39 Å². The molecule has 0 bridgehead atoms. The Morgan fingerprint density at radius 3 is 2.47 bits per heavy atom. The Morgan fingerprint density at radius 1 is 0.947 bits per heavy atom. The smallest absolute Gasteiger partial charge is 0.131 e. The second kappa shape index (κ2) is 7.22. The summed E-state index contributed by atoms with van der Waals surface area (Å²) >= 11 is 0. The van der Waals surface area contributed by atoms with Gasteiger partial charge in [0.1, 0.15) is 5.82 Å². The van der Waals surface area contributed by atoms with Crippen LogP contribution in [0.25, 0.3) is 10.8 Å². The van der Waals surface area contributed by atoms with E-state index in [4.69, 9.17) is 0 Å². The molecule has 2 rings (SSSR count). The summed E-state index contributed by atoms with van der Waals surface area (Å²) < 4.78 is 13.7. The molecule has 0 radical (unpaired) electrons. The van der Waals surface area contributed by atoms with E-state index < -0.39 is 0 Å². The molecule has 0 heterocycles. The van der Waals surface area contributed by atoms with Gasteiger partial charge < -0.3 is 10.6 Å². The maximum atomic E-state index is 13.7. The highest BCUT2D eigenvalue weighted by Crippen LogP contribution is 2.21. The van der Waals surface area contributed by atoms with Crippen LogP contribution >= 0.6 is 0 Å². The summed E-state index contributed by atoms with van der Waals surface area (Å²) in [6.45, 7) is 5.92. The summed E-state index contributed by atoms with van der Waals surface area (Å²) in [6, 6.07) is 11.1. The molecule has 0 aliphatic carbocycles. The standard InChI is InChI=1S/C16H21FN2/c1-2-18-10-5-11-19-12-13-8-9-16(17)15-7-4-3-6-14(13)15/h3-4,6-9,18-19H,2,5,10-12H2,1H3. The molecule has 0 saturated heterocycles. The van der Waals surface area contributed by atoms with Crippen LogP contribution in [0.1, 0.15) is 18.9 Å². The summed E-state index contributed by atoms with van der Waals surface area (Å²) in [5, 5.41) is 8.41. The average Bonchev–Trinajstić information content (AvgIpc) is 2.45. The van der Waals surface area contributed by atoms with E-state index in [2.05, 4.69) is 17.6 Å². The Labute approximate surface area is 114 Å². The van der Waals surface area contributed by atoms with Crippen LogP contribution in [-0.4, -0.2) is 19.6 Å². The number of hydrogen-bond donors (Lipinski definition) is 2. The molecule has 3 heteroatoms. The number of benzene rings is 2. The normalized spacial score (nSPS) is 11.1. The molecule has 19 heavy (non-hydrogen) atoms. The predicted molar refractivity (Wildman–Crippen MR) is 78.8 cm³/mol. The molecule has 2 nitrogen and oxygen atoms in total. The Morgan fingerprint density at radius 2 is 1.68 bits per heavy atom. The zero-order valence-electron chi connectivity index (χ0n) is 11.4. The van der Waals surface area contributed by atoms with Crippen molar-refractivity contribution < 1.29 is 4.39 Å². The van der Waals surface area contributed by atoms with E-state index in [0.717, 1.165) is 43.5 Å². The van der Waals surface area contributed by atoms with Crippen LogP contribution in [0.15, 0.2) is 36.4 Å². The Kier molecular flexibility index (Phi) is 5.31. The van der Waals surface area contributed by atoms with E-state index in [1.165, 1.54) is 0 Å². The van der Waals surface area contributed by atoms with Crippen LogP contribution in [0, 0.1) is 5.82 Å². The summed E-state index contributed by atoms with van der Waals surface area (Å²) in [7, 11) is 0. The number of rotatable bonds is 7. The van der Waals surface area contributed by atoms with Gasteiger partial charge in [0.15, 0.2) is 0 Å². The van der Waals surface area contributed by atoms with Gasteiger partial charge in [-0.25, -0.2) is 4.39 Å². The van der Waals surface area contributed by atoms with Gasteiger partial charge in [0, 0.05) is 11.9 Å². The van der Waals surface area contributed by atoms with Crippen molar-refractivity contribution in [1.29, 1.82) is 0 Å². The summed E-state index contributed by atoms with van der Waals surface area (Å²) in [4.78, 5) is 0. The van der Waals surface area contributed by atoms with E-state index >= 15 is 0 Å². The van der Waals surface area contributed by atoms with Crippen LogP contribution in [-0.2, 0) is 6.54 Å². The van der Waals surface area contributed by atoms with Gasteiger partial charge in [-0.15, -0.1) is 0 Å². The van der Waals surface area contributed by atoms with Crippen molar-refractivity contribution in [2.24, 2.45) is 0 Å². The molecular weight excluding hydrogens is 239 g/mol. The van der Waals surface area contributed by atoms with Crippen LogP contribution in [0.3, 0.4) is 0 Å². The highest BCUT2D eigenvalue weighted by molar-refractivity contribution is 5.86. The van der Waals surface area contributed by atoms with Crippen LogP contribution < -0.4 is 10.6 Å². The number of fused-ring (bicyclic) bond motifs is 1. The number of hydrogen-bond acceptors (Lipinski definition) is 2. The minimum absolute atomic E-state index is 0.147. The minimum Gasteiger partial charge on any atom is -0.317 e. The van der Waals surface area contributed by atoms with Crippen molar-refractivity contribution in [3.8, 4) is 0 Å². The van der Waals surface area contributed by atoms with Crippen molar-refractivity contribution in [2.45, 2.75) is 19.9 Å². The average molecular weight is 260 g/mol. The zero-order chi connectivity index (χ0) is 13.5. The zero-order valence-corrected chi connectivity index (χ0v) is 11.4. The van der Waals surface area contributed by atoms with Crippen LogP contribution in [0.5, 0.6) is 0 Å². The van der Waals surface area contributed by atoms with Crippen molar-refractivity contribution in [3.63, 3.8) is 0 Å². The molecule has 0 aromatic heterocycles. The van der Waals surface area contributed by atoms with Gasteiger partial charge in [-0.3, -0.25) is 0 Å². The van der Waals surface area contributed by atoms with E-state index in [1.54, 1.807) is 6.07 Å². The lowest BCUT2D eigenvalue weighted by Crippen LogP contribution is -2.21. The van der Waals surface area contributed by atoms with E-state index in [9.17, 15) is 4.39 Å². The quantitative estimate of drug-likeness (QED) is 0.748. The van der Waals surface area contributed by atoms with E-state index in [-0.39, 0.29) is 5.82 Å². The van der Waals surface area contributed by atoms with E-state index in [1.807, 2.05) is 30.3 Å². The number of nitrogens with one attached hydrogen (secondary N) is 2. The summed E-state index contributed by atoms with van der Waals surface area (Å²) in [6.07, 6.45) is 1.10. The van der Waals surface area contributed by atoms with Gasteiger partial charge in [-0.05, 0) is 43.1 Å². The molecule has 0 aliphatic heterocycles. The van der Waals surface area contributed by atoms with Gasteiger partial charge >= 0.3 is 0 Å². The fourth-order valence-electron chi connectivity index (χ4n) is 2.22. The van der Waals surface area contributed by atoms with Crippen LogP contribution in [0.2, 0.25) is 0 Å². The molecule has 0 aliphatic rings. The number of halogens is 1. The first kappa shape index (κ1) is 14.0. The van der Waals surface area contributed by atoms with Crippen molar-refractivity contribution in [3.05, 3.63) is 47.8 Å². The molecule has 2 aromatic carbocycles. The second-order valence-electron chi connectivity index (χ2n) is 4.64. The minimum atomic E-state index is -0.147. The van der Waals surface area contributed by atoms with Gasteiger partial charge in [0.05, 0.1) is 0 Å². The first-order valence-corrected chi connectivity index (χ1v) is 6.90. The second-order valence-corrected chi connectivity index (χ2v) is 4.64. The predicted octanol–water partition coefficient (Wildman–Crippen LogP) is 3.07. The lowest BCUT2D eigenvalue weighted by molar-refractivity contribution is 0.606. The van der Waals surface area contributed by atoms with Crippen molar-refractivity contribution >= 4 is 10.8 Å². The first-order chi connectivity index (χ1) is 9.33. The Bertz CT molecular complexity index is 525. The Hall–Kier alpha value is -1.45. The molecular formula is C16H21FN2. The lowest BCUT2D eigenvalue weighted by atomic mass is 10.0. The van der Waals surface area contributed by atoms with Gasteiger partial charge in [-0.1, -0.05) is 37.3 Å². The van der Waals surface area contributed by atoms with Crippen molar-refractivity contribution in [1.82, 2.24) is 10.6 Å². The third-order valence-corrected chi connectivity index (χ3v) is 3.23. The van der Waals surface area contributed by atoms with Gasteiger partial charge in [0.2, 0.25) is 0 Å². The molecule has 0 fully saturated rings. The Balaban J connectivity index is 1.96.